The molecule has 4 N–H and O–H groups in total. The maximum Gasteiger partial charge on any atom is 1.00 e. The third-order valence-electron chi connectivity index (χ3n) is 0.794. The monoisotopic (exact) mass is 292 g/mol. The van der Waals surface area contributed by atoms with Crippen LogP contribution in [0.25, 0.3) is 0 Å². The number of carbonyl (C=O) groups is 2. The Kier molecular flexibility index (Phi) is 18.3. The van der Waals surface area contributed by atoms with Gasteiger partial charge in [-0.3, -0.25) is 4.55 Å². The second-order valence-electron chi connectivity index (χ2n) is 1.97. The Labute approximate surface area is 140 Å². The number of carboxylic acid groups (broad SMARTS) is 2. The fraction of sp³-hybridized carbons (Fsp3) is 0.500. The third-order valence-corrected chi connectivity index (χ3v) is 0.794. The molecule has 0 heterocycles. The molecule has 0 aromatic carbocycles. The Morgan fingerprint density at radius 2 is 1.29 bits per heavy atom. The summed E-state index contributed by atoms with van der Waals surface area (Å²) >= 11 is 0. The number of aliphatic hydroxyl groups excluding tert-OH is 2. The zero-order valence-corrected chi connectivity index (χ0v) is 13.6. The fourth-order valence-electron chi connectivity index (χ4n) is 0.264. The molecule has 17 heavy (non-hydrogen) atoms. The predicted octanol–water partition coefficient (Wildman–Crippen LogP) is -10.4. The molecule has 0 radical (unpaired) electrons. The molecule has 0 aromatic heterocycles. The molecule has 0 aromatic rings. The van der Waals surface area contributed by atoms with Gasteiger partial charge in [-0.05, 0) is 0 Å². The summed E-state index contributed by atoms with van der Waals surface area (Å²) in [5, 5.41) is 34.1. The molecule has 90 valence electrons. The molecule has 0 bridgehead atoms. The number of aliphatic hydroxyl groups is 2. The van der Waals surface area contributed by atoms with Crippen molar-refractivity contribution >= 4 is 22.3 Å². The molecule has 0 amide bonds. The third kappa shape index (κ3) is 22.4. The molecule has 0 fully saturated rings. The van der Waals surface area contributed by atoms with Crippen LogP contribution in [0.1, 0.15) is 0 Å². The quantitative estimate of drug-likeness (QED) is 0.220. The molecule has 0 saturated heterocycles. The number of carbonyl (C=O) groups excluding carboxylic acids is 1. The molecule has 0 aliphatic heterocycles. The van der Waals surface area contributed by atoms with Gasteiger partial charge in [0.2, 0.25) is 10.4 Å². The molecule has 13 heteroatoms. The second-order valence-corrected chi connectivity index (χ2v) is 2.83. The summed E-state index contributed by atoms with van der Waals surface area (Å²) in [5.74, 6) is -3.83. The van der Waals surface area contributed by atoms with Crippen LogP contribution in [0, 0.1) is 0 Å². The summed E-state index contributed by atoms with van der Waals surface area (Å²) in [4.78, 5) is 19.4. The zero-order chi connectivity index (χ0) is 12.8. The first-order valence-electron chi connectivity index (χ1n) is 2.95. The van der Waals surface area contributed by atoms with E-state index in [0.29, 0.717) is 0 Å². The van der Waals surface area contributed by atoms with Crippen LogP contribution in [-0.4, -0.2) is 57.0 Å². The van der Waals surface area contributed by atoms with Crippen molar-refractivity contribution < 1.29 is 107 Å². The molecule has 0 saturated carbocycles. The van der Waals surface area contributed by atoms with Crippen LogP contribution in [0.3, 0.4) is 0 Å². The average molecular weight is 292 g/mol. The smallest absolute Gasteiger partial charge is 0.726 e. The normalized spacial score (nSPS) is 12.7. The van der Waals surface area contributed by atoms with Crippen molar-refractivity contribution in [1.82, 2.24) is 0 Å². The minimum atomic E-state index is -4.92. The van der Waals surface area contributed by atoms with E-state index in [9.17, 15) is 14.7 Å². The van der Waals surface area contributed by atoms with Gasteiger partial charge in [0.25, 0.3) is 0 Å². The summed E-state index contributed by atoms with van der Waals surface area (Å²) in [6, 6.07) is 0. The van der Waals surface area contributed by atoms with Crippen molar-refractivity contribution in [2.75, 3.05) is 0 Å². The van der Waals surface area contributed by atoms with Crippen LogP contribution < -0.4 is 64.2 Å². The van der Waals surface area contributed by atoms with Gasteiger partial charge in [0.05, 0.1) is 5.97 Å². The second kappa shape index (κ2) is 11.8. The van der Waals surface area contributed by atoms with Crippen LogP contribution in [0.2, 0.25) is 0 Å². The Balaban J connectivity index is -0.000000105. The van der Waals surface area contributed by atoms with Gasteiger partial charge >= 0.3 is 65.1 Å². The molecule has 0 rings (SSSR count). The van der Waals surface area contributed by atoms with E-state index in [1.54, 1.807) is 0 Å². The van der Waals surface area contributed by atoms with Crippen LogP contribution >= 0.6 is 0 Å². The summed E-state index contributed by atoms with van der Waals surface area (Å²) < 4.78 is 32.8. The summed E-state index contributed by atoms with van der Waals surface area (Å²) in [6.07, 6.45) is -4.71. The molecular weight excluding hydrogens is 286 g/mol. The number of aliphatic carboxylic acids is 2. The van der Waals surface area contributed by atoms with Gasteiger partial charge in [0, 0.05) is 0 Å². The maximum absolute atomic E-state index is 9.74. The Morgan fingerprint density at radius 1 is 1.06 bits per heavy atom. The van der Waals surface area contributed by atoms with E-state index >= 15 is 0 Å². The standard InChI is InChI=1S/C4H6O6.2Na.H2O4S/c5-1(3(7)8)2(6)4(9)10;;;1-5(2,3)4/h1-2,5-6H,(H,7,8)(H,9,10);;;(H2,1,2,3,4)/q;2*+1;/p-2. The summed E-state index contributed by atoms with van der Waals surface area (Å²) in [6.45, 7) is 0. The van der Waals surface area contributed by atoms with E-state index in [4.69, 9.17) is 32.8 Å². The molecule has 0 spiro atoms. The Morgan fingerprint density at radius 3 is 1.35 bits per heavy atom. The molecular formula is C4H6Na2O10S. The fourth-order valence-corrected chi connectivity index (χ4v) is 0.264. The Bertz CT molecular complexity index is 299. The van der Waals surface area contributed by atoms with E-state index < -0.39 is 34.5 Å². The summed E-state index contributed by atoms with van der Waals surface area (Å²) in [7, 11) is -4.92. The molecule has 2 unspecified atom stereocenters. The number of rotatable bonds is 3. The minimum Gasteiger partial charge on any atom is -0.726 e. The minimum absolute atomic E-state index is 0. The topological polar surface area (TPSA) is 195 Å². The first kappa shape index (κ1) is 26.3. The van der Waals surface area contributed by atoms with E-state index in [2.05, 4.69) is 0 Å². The van der Waals surface area contributed by atoms with Crippen molar-refractivity contribution in [3.63, 3.8) is 0 Å². The predicted molar refractivity (Wildman–Crippen MR) is 37.0 cm³/mol. The van der Waals surface area contributed by atoms with E-state index in [1.807, 2.05) is 0 Å². The van der Waals surface area contributed by atoms with Gasteiger partial charge in [-0.15, -0.1) is 0 Å². The van der Waals surface area contributed by atoms with Crippen molar-refractivity contribution in [2.24, 2.45) is 0 Å². The van der Waals surface area contributed by atoms with Crippen molar-refractivity contribution in [2.45, 2.75) is 12.2 Å². The van der Waals surface area contributed by atoms with Crippen LogP contribution in [0.15, 0.2) is 0 Å². The largest absolute Gasteiger partial charge is 1.00 e. The van der Waals surface area contributed by atoms with Gasteiger partial charge in [-0.1, -0.05) is 0 Å². The van der Waals surface area contributed by atoms with Gasteiger partial charge < -0.3 is 29.8 Å². The van der Waals surface area contributed by atoms with Crippen LogP contribution in [-0.2, 0) is 20.0 Å². The van der Waals surface area contributed by atoms with Crippen molar-refractivity contribution in [3.05, 3.63) is 0 Å². The molecule has 2 atom stereocenters. The van der Waals surface area contributed by atoms with Gasteiger partial charge in [-0.2, -0.15) is 0 Å². The van der Waals surface area contributed by atoms with E-state index in [0.717, 1.165) is 0 Å². The SMILES string of the molecule is O=C([O-])C(O)C(O)C(=O)O.O=S(=O)([O-])O.[Na+].[Na+]. The molecule has 0 aliphatic carbocycles. The zero-order valence-electron chi connectivity index (χ0n) is 8.80. The first-order chi connectivity index (χ1) is 6.46. The van der Waals surface area contributed by atoms with Crippen molar-refractivity contribution in [3.8, 4) is 0 Å². The van der Waals surface area contributed by atoms with Crippen LogP contribution in [0.4, 0.5) is 0 Å². The Hall–Kier alpha value is 0.730. The van der Waals surface area contributed by atoms with Gasteiger partial charge in [0.1, 0.15) is 6.10 Å². The summed E-state index contributed by atoms with van der Waals surface area (Å²) in [5.41, 5.74) is 0. The van der Waals surface area contributed by atoms with Crippen LogP contribution in [0.5, 0.6) is 0 Å². The van der Waals surface area contributed by atoms with E-state index in [1.165, 1.54) is 0 Å². The van der Waals surface area contributed by atoms with Crippen molar-refractivity contribution in [1.29, 1.82) is 0 Å². The van der Waals surface area contributed by atoms with Gasteiger partial charge in [-0.25, -0.2) is 13.2 Å². The number of hydrogen-bond donors (Lipinski definition) is 4. The molecule has 10 nitrogen and oxygen atoms in total. The average Bonchev–Trinajstić information content (AvgIpc) is 1.98. The van der Waals surface area contributed by atoms with E-state index in [-0.39, 0.29) is 59.1 Å². The molecule has 0 aliphatic rings. The first-order valence-corrected chi connectivity index (χ1v) is 4.31. The van der Waals surface area contributed by atoms with Gasteiger partial charge in [0.15, 0.2) is 6.10 Å². The number of carboxylic acids is 2. The maximum atomic E-state index is 9.74. The number of hydrogen-bond acceptors (Lipinski definition) is 8.